The number of aliphatic carboxylic acids is 1. The Morgan fingerprint density at radius 2 is 2.03 bits per heavy atom. The summed E-state index contributed by atoms with van der Waals surface area (Å²) in [6.07, 6.45) is 15.9. The standard InChI is InChI=1S/C26H31NO6/c1-26(25(28)29)32-18-22(19-33-26)15-21-7-9-23(10-8-21)30-13-11-27-12-14-31-24(17-27)16-20-5-3-2-4-6-20/h2-3,5,7-10,12,14,17,22H,4,6,11,13,15-16,18-19H2,1H3,(H,28,29). The summed E-state index contributed by atoms with van der Waals surface area (Å²) in [5, 5.41) is 9.15. The van der Waals surface area contributed by atoms with Crippen molar-refractivity contribution in [3.05, 3.63) is 78.1 Å². The molecule has 4 rings (SSSR count). The molecule has 3 aliphatic rings. The van der Waals surface area contributed by atoms with Gasteiger partial charge in [-0.1, -0.05) is 35.9 Å². The fraction of sp³-hybridized carbons (Fsp3) is 0.423. The van der Waals surface area contributed by atoms with Crippen LogP contribution in [0.5, 0.6) is 5.75 Å². The fourth-order valence-electron chi connectivity index (χ4n) is 3.91. The molecule has 176 valence electrons. The SMILES string of the molecule is CC1(C(=O)O)OCC(Cc2ccc(OCCN3C=COC(CC4=CC=CCC4)=C3)cc2)CO1. The molecule has 1 aromatic carbocycles. The molecule has 7 nitrogen and oxygen atoms in total. The molecule has 0 atom stereocenters. The van der Waals surface area contributed by atoms with Gasteiger partial charge in [0.2, 0.25) is 0 Å². The molecular weight excluding hydrogens is 422 g/mol. The summed E-state index contributed by atoms with van der Waals surface area (Å²) in [6.45, 7) is 3.43. The average Bonchev–Trinajstić information content (AvgIpc) is 2.83. The largest absolute Gasteiger partial charge is 0.492 e. The Balaban J connectivity index is 1.19. The zero-order valence-electron chi connectivity index (χ0n) is 18.9. The third-order valence-corrected chi connectivity index (χ3v) is 5.93. The van der Waals surface area contributed by atoms with Crippen molar-refractivity contribution in [1.29, 1.82) is 0 Å². The van der Waals surface area contributed by atoms with Crippen molar-refractivity contribution in [2.45, 2.75) is 38.4 Å². The van der Waals surface area contributed by atoms with Crippen LogP contribution in [0.15, 0.2) is 72.5 Å². The van der Waals surface area contributed by atoms with Gasteiger partial charge in [-0.15, -0.1) is 0 Å². The van der Waals surface area contributed by atoms with Crippen molar-refractivity contribution in [2.75, 3.05) is 26.4 Å². The smallest absolute Gasteiger partial charge is 0.364 e. The highest BCUT2D eigenvalue weighted by Crippen LogP contribution is 2.25. The Morgan fingerprint density at radius 1 is 1.24 bits per heavy atom. The molecule has 0 bridgehead atoms. The summed E-state index contributed by atoms with van der Waals surface area (Å²) in [6, 6.07) is 7.97. The van der Waals surface area contributed by atoms with Crippen molar-refractivity contribution in [1.82, 2.24) is 4.90 Å². The Labute approximate surface area is 194 Å². The van der Waals surface area contributed by atoms with E-state index >= 15 is 0 Å². The molecule has 0 aromatic heterocycles. The highest BCUT2D eigenvalue weighted by molar-refractivity contribution is 5.75. The molecule has 1 aliphatic carbocycles. The third kappa shape index (κ3) is 6.49. The van der Waals surface area contributed by atoms with Crippen LogP contribution < -0.4 is 4.74 Å². The van der Waals surface area contributed by atoms with E-state index in [0.29, 0.717) is 19.8 Å². The van der Waals surface area contributed by atoms with Crippen LogP contribution in [-0.4, -0.2) is 48.1 Å². The Hall–Kier alpha value is -3.03. The third-order valence-electron chi connectivity index (χ3n) is 5.93. The normalized spacial score (nSPS) is 24.6. The maximum atomic E-state index is 11.2. The van der Waals surface area contributed by atoms with Crippen molar-refractivity contribution in [3.63, 3.8) is 0 Å². The van der Waals surface area contributed by atoms with Gasteiger partial charge in [0.15, 0.2) is 0 Å². The van der Waals surface area contributed by atoms with E-state index in [-0.39, 0.29) is 5.92 Å². The Kier molecular flexibility index (Phi) is 7.52. The van der Waals surface area contributed by atoms with Gasteiger partial charge in [0.1, 0.15) is 24.4 Å². The van der Waals surface area contributed by atoms with Crippen LogP contribution in [0.1, 0.15) is 31.7 Å². The van der Waals surface area contributed by atoms with E-state index in [2.05, 4.69) is 23.1 Å². The molecule has 1 fully saturated rings. The highest BCUT2D eigenvalue weighted by Gasteiger charge is 2.40. The molecule has 0 unspecified atom stereocenters. The van der Waals surface area contributed by atoms with E-state index < -0.39 is 11.8 Å². The molecule has 0 radical (unpaired) electrons. The number of benzene rings is 1. The van der Waals surface area contributed by atoms with Gasteiger partial charge < -0.3 is 29.0 Å². The predicted molar refractivity (Wildman–Crippen MR) is 123 cm³/mol. The lowest BCUT2D eigenvalue weighted by Gasteiger charge is -2.34. The van der Waals surface area contributed by atoms with Gasteiger partial charge in [-0.2, -0.15) is 0 Å². The second-order valence-electron chi connectivity index (χ2n) is 8.64. The van der Waals surface area contributed by atoms with Crippen molar-refractivity contribution in [3.8, 4) is 5.75 Å². The van der Waals surface area contributed by atoms with Gasteiger partial charge in [0.25, 0.3) is 5.79 Å². The molecule has 1 aromatic rings. The first-order valence-corrected chi connectivity index (χ1v) is 11.4. The molecule has 33 heavy (non-hydrogen) atoms. The number of carboxylic acids is 1. The molecule has 0 spiro atoms. The minimum Gasteiger partial charge on any atom is -0.492 e. The lowest BCUT2D eigenvalue weighted by atomic mass is 9.99. The highest BCUT2D eigenvalue weighted by atomic mass is 16.7. The first-order chi connectivity index (χ1) is 16.0. The quantitative estimate of drug-likeness (QED) is 0.594. The summed E-state index contributed by atoms with van der Waals surface area (Å²) < 4.78 is 22.4. The number of carbonyl (C=O) groups is 1. The monoisotopic (exact) mass is 453 g/mol. The Bertz CT molecular complexity index is 938. The van der Waals surface area contributed by atoms with Crippen molar-refractivity contribution < 1.29 is 28.8 Å². The van der Waals surface area contributed by atoms with E-state index in [0.717, 1.165) is 49.3 Å². The molecule has 2 aliphatic heterocycles. The van der Waals surface area contributed by atoms with Crippen LogP contribution in [0.4, 0.5) is 0 Å². The summed E-state index contributed by atoms with van der Waals surface area (Å²) in [4.78, 5) is 13.3. The maximum absolute atomic E-state index is 11.2. The maximum Gasteiger partial charge on any atom is 0.364 e. The summed E-state index contributed by atoms with van der Waals surface area (Å²) >= 11 is 0. The van der Waals surface area contributed by atoms with E-state index in [9.17, 15) is 4.79 Å². The molecule has 1 saturated heterocycles. The van der Waals surface area contributed by atoms with Gasteiger partial charge in [0, 0.05) is 31.7 Å². The number of ether oxygens (including phenoxy) is 4. The number of nitrogens with zero attached hydrogens (tertiary/aromatic N) is 1. The van der Waals surface area contributed by atoms with E-state index in [1.54, 1.807) is 6.26 Å². The number of hydrogen-bond donors (Lipinski definition) is 1. The van der Waals surface area contributed by atoms with Crippen LogP contribution >= 0.6 is 0 Å². The van der Waals surface area contributed by atoms with Crippen LogP contribution in [0.2, 0.25) is 0 Å². The van der Waals surface area contributed by atoms with Crippen LogP contribution in [-0.2, 0) is 25.4 Å². The average molecular weight is 454 g/mol. The molecule has 7 heteroatoms. The van der Waals surface area contributed by atoms with Gasteiger partial charge in [-0.3, -0.25) is 0 Å². The fourth-order valence-corrected chi connectivity index (χ4v) is 3.91. The lowest BCUT2D eigenvalue weighted by Crippen LogP contribution is -2.48. The minimum atomic E-state index is -1.54. The zero-order chi connectivity index (χ0) is 23.1. The van der Waals surface area contributed by atoms with Crippen molar-refractivity contribution >= 4 is 5.97 Å². The van der Waals surface area contributed by atoms with E-state index in [1.807, 2.05) is 36.7 Å². The molecule has 1 N–H and O–H groups in total. The number of rotatable bonds is 9. The summed E-state index contributed by atoms with van der Waals surface area (Å²) in [5.41, 5.74) is 2.52. The predicted octanol–water partition coefficient (Wildman–Crippen LogP) is 4.38. The van der Waals surface area contributed by atoms with E-state index in [4.69, 9.17) is 24.1 Å². The van der Waals surface area contributed by atoms with Crippen LogP contribution in [0.25, 0.3) is 0 Å². The minimum absolute atomic E-state index is 0.124. The van der Waals surface area contributed by atoms with Gasteiger partial charge in [-0.25, -0.2) is 4.79 Å². The molecule has 2 heterocycles. The number of carboxylic acid groups (broad SMARTS) is 1. The van der Waals surface area contributed by atoms with Gasteiger partial charge in [0.05, 0.1) is 19.8 Å². The van der Waals surface area contributed by atoms with Gasteiger partial charge >= 0.3 is 5.97 Å². The van der Waals surface area contributed by atoms with Gasteiger partial charge in [-0.05, 0) is 37.0 Å². The first kappa shape index (κ1) is 23.1. The second kappa shape index (κ2) is 10.7. The van der Waals surface area contributed by atoms with Crippen LogP contribution in [0.3, 0.4) is 0 Å². The molecule has 0 saturated carbocycles. The molecule has 0 amide bonds. The summed E-state index contributed by atoms with van der Waals surface area (Å²) in [5.74, 6) is -0.749. The second-order valence-corrected chi connectivity index (χ2v) is 8.64. The van der Waals surface area contributed by atoms with E-state index in [1.165, 1.54) is 12.5 Å². The lowest BCUT2D eigenvalue weighted by molar-refractivity contribution is -0.270. The first-order valence-electron chi connectivity index (χ1n) is 11.4. The summed E-state index contributed by atoms with van der Waals surface area (Å²) in [7, 11) is 0. The topological polar surface area (TPSA) is 77.5 Å². The Morgan fingerprint density at radius 3 is 2.73 bits per heavy atom. The van der Waals surface area contributed by atoms with Crippen molar-refractivity contribution in [2.24, 2.45) is 5.92 Å². The zero-order valence-corrected chi connectivity index (χ0v) is 18.9. The number of hydrogen-bond acceptors (Lipinski definition) is 6. The van der Waals surface area contributed by atoms with Crippen LogP contribution in [0, 0.1) is 5.92 Å². The number of allylic oxidation sites excluding steroid dienone is 4. The molecular formula is C26H31NO6.